The van der Waals surface area contributed by atoms with Crippen LogP contribution in [-0.4, -0.2) is 8.42 Å². The fourth-order valence-electron chi connectivity index (χ4n) is 1.78. The van der Waals surface area contributed by atoms with Gasteiger partial charge in [-0.2, -0.15) is 5.26 Å². The normalized spacial score (nSPS) is 11.8. The monoisotopic (exact) mass is 376 g/mol. The molecule has 2 aromatic carbocycles. The van der Waals surface area contributed by atoms with Gasteiger partial charge in [0.05, 0.1) is 10.6 Å². The summed E-state index contributed by atoms with van der Waals surface area (Å²) in [7, 11) is -3.82. The van der Waals surface area contributed by atoms with Crippen LogP contribution in [0, 0.1) is 18.3 Å². The van der Waals surface area contributed by atoms with E-state index in [9.17, 15) is 8.42 Å². The maximum Gasteiger partial charge on any atom is 0.218 e. The maximum atomic E-state index is 12.4. The number of halogens is 1. The Morgan fingerprint density at radius 3 is 2.50 bits per heavy atom. The van der Waals surface area contributed by atoms with Crippen molar-refractivity contribution in [2.24, 2.45) is 0 Å². The van der Waals surface area contributed by atoms with Crippen molar-refractivity contribution >= 4 is 31.5 Å². The van der Waals surface area contributed by atoms with E-state index < -0.39 is 9.84 Å². The van der Waals surface area contributed by atoms with Gasteiger partial charge in [0, 0.05) is 10.7 Å². The summed E-state index contributed by atoms with van der Waals surface area (Å²) in [6.07, 6.45) is 1.21. The van der Waals surface area contributed by atoms with Crippen LogP contribution in [0.5, 0.6) is 0 Å². The minimum atomic E-state index is -3.82. The topological polar surface area (TPSA) is 70.0 Å². The van der Waals surface area contributed by atoms with Gasteiger partial charge in [-0.15, -0.1) is 0 Å². The third-order valence-corrected chi connectivity index (χ3v) is 5.27. The van der Waals surface area contributed by atoms with Crippen molar-refractivity contribution in [3.63, 3.8) is 0 Å². The van der Waals surface area contributed by atoms with Crippen molar-refractivity contribution < 1.29 is 8.42 Å². The number of aryl methyl sites for hydroxylation is 1. The van der Waals surface area contributed by atoms with Crippen LogP contribution in [-0.2, 0) is 9.84 Å². The number of rotatable bonds is 4. The summed E-state index contributed by atoms with van der Waals surface area (Å²) in [4.78, 5) is -0.251. The average Bonchev–Trinajstić information content (AvgIpc) is 2.50. The predicted octanol–water partition coefficient (Wildman–Crippen LogP) is 4.01. The van der Waals surface area contributed by atoms with Crippen molar-refractivity contribution in [2.75, 3.05) is 5.32 Å². The summed E-state index contributed by atoms with van der Waals surface area (Å²) < 4.78 is 25.6. The third-order valence-electron chi connectivity index (χ3n) is 2.94. The first-order valence-corrected chi connectivity index (χ1v) is 8.66. The van der Waals surface area contributed by atoms with Gasteiger partial charge in [0.2, 0.25) is 9.84 Å². The minimum Gasteiger partial charge on any atom is -0.359 e. The van der Waals surface area contributed by atoms with Crippen molar-refractivity contribution in [1.82, 2.24) is 0 Å². The van der Waals surface area contributed by atoms with Crippen LogP contribution in [0.3, 0.4) is 0 Å². The van der Waals surface area contributed by atoms with Gasteiger partial charge in [0.25, 0.3) is 0 Å². The first-order chi connectivity index (χ1) is 10.4. The Labute approximate surface area is 138 Å². The number of hydrogen-bond acceptors (Lipinski definition) is 4. The molecule has 0 radical (unpaired) electrons. The van der Waals surface area contributed by atoms with Gasteiger partial charge >= 0.3 is 0 Å². The lowest BCUT2D eigenvalue weighted by molar-refractivity contribution is 0.603. The molecule has 0 saturated heterocycles. The summed E-state index contributed by atoms with van der Waals surface area (Å²) >= 11 is 3.39. The van der Waals surface area contributed by atoms with Gasteiger partial charge in [0.15, 0.2) is 4.91 Å². The number of allylic oxidation sites excluding steroid dienone is 1. The third kappa shape index (κ3) is 3.56. The Balaban J connectivity index is 2.34. The molecule has 6 heteroatoms. The molecule has 0 atom stereocenters. The van der Waals surface area contributed by atoms with Crippen LogP contribution >= 0.6 is 15.9 Å². The molecule has 1 N–H and O–H groups in total. The standard InChI is InChI=1S/C16H13BrN2O2S/c1-12-7-8-16(15(17)9-12)19-11-14(10-18)22(20,21)13-5-3-2-4-6-13/h2-9,11,19H,1H3/b14-11+. The molecule has 0 fully saturated rings. The van der Waals surface area contributed by atoms with Gasteiger partial charge in [0.1, 0.15) is 6.07 Å². The molecule has 0 aliphatic carbocycles. The van der Waals surface area contributed by atoms with Crippen molar-refractivity contribution in [2.45, 2.75) is 11.8 Å². The van der Waals surface area contributed by atoms with E-state index in [-0.39, 0.29) is 9.80 Å². The highest BCUT2D eigenvalue weighted by Crippen LogP contribution is 2.24. The average molecular weight is 377 g/mol. The van der Waals surface area contributed by atoms with Crippen LogP contribution in [0.1, 0.15) is 5.56 Å². The molecule has 0 heterocycles. The molecule has 0 aliphatic heterocycles. The second-order valence-corrected chi connectivity index (χ2v) is 7.34. The number of nitriles is 1. The molecule has 0 spiro atoms. The fraction of sp³-hybridized carbons (Fsp3) is 0.0625. The Hall–Kier alpha value is -2.10. The van der Waals surface area contributed by atoms with E-state index in [1.165, 1.54) is 18.3 Å². The van der Waals surface area contributed by atoms with E-state index in [0.29, 0.717) is 5.69 Å². The predicted molar refractivity (Wildman–Crippen MR) is 89.8 cm³/mol. The lowest BCUT2D eigenvalue weighted by atomic mass is 10.2. The molecule has 0 aliphatic rings. The minimum absolute atomic E-state index is 0.0903. The van der Waals surface area contributed by atoms with Gasteiger partial charge < -0.3 is 5.32 Å². The van der Waals surface area contributed by atoms with Gasteiger partial charge in [-0.25, -0.2) is 8.42 Å². The summed E-state index contributed by atoms with van der Waals surface area (Å²) in [5.74, 6) is 0. The van der Waals surface area contributed by atoms with Crippen molar-refractivity contribution in [3.8, 4) is 6.07 Å². The molecule has 4 nitrogen and oxygen atoms in total. The van der Waals surface area contributed by atoms with Crippen LogP contribution < -0.4 is 5.32 Å². The number of nitrogens with one attached hydrogen (secondary N) is 1. The molecule has 0 unspecified atom stereocenters. The van der Waals surface area contributed by atoms with Crippen LogP contribution in [0.25, 0.3) is 0 Å². The van der Waals surface area contributed by atoms with E-state index in [1.807, 2.05) is 19.1 Å². The van der Waals surface area contributed by atoms with Crippen LogP contribution in [0.2, 0.25) is 0 Å². The Kier molecular flexibility index (Phi) is 5.01. The lowest BCUT2D eigenvalue weighted by Gasteiger charge is -2.07. The number of anilines is 1. The van der Waals surface area contributed by atoms with E-state index in [1.54, 1.807) is 30.3 Å². The number of sulfone groups is 1. The van der Waals surface area contributed by atoms with Crippen LogP contribution in [0.15, 0.2) is 69.0 Å². The molecular weight excluding hydrogens is 364 g/mol. The van der Waals surface area contributed by atoms with Crippen molar-refractivity contribution in [1.29, 1.82) is 5.26 Å². The van der Waals surface area contributed by atoms with E-state index >= 15 is 0 Å². The number of benzene rings is 2. The van der Waals surface area contributed by atoms with E-state index in [0.717, 1.165) is 10.0 Å². The molecule has 0 aromatic heterocycles. The zero-order chi connectivity index (χ0) is 16.2. The zero-order valence-corrected chi connectivity index (χ0v) is 14.1. The van der Waals surface area contributed by atoms with Gasteiger partial charge in [-0.3, -0.25) is 0 Å². The van der Waals surface area contributed by atoms with Gasteiger partial charge in [-0.1, -0.05) is 24.3 Å². The summed E-state index contributed by atoms with van der Waals surface area (Å²) in [6, 6.07) is 15.2. The molecule has 0 bridgehead atoms. The highest BCUT2D eigenvalue weighted by molar-refractivity contribution is 9.10. The highest BCUT2D eigenvalue weighted by Gasteiger charge is 2.20. The molecule has 112 valence electrons. The molecule has 2 rings (SSSR count). The summed E-state index contributed by atoms with van der Waals surface area (Å²) in [5.41, 5.74) is 1.75. The lowest BCUT2D eigenvalue weighted by Crippen LogP contribution is -2.05. The largest absolute Gasteiger partial charge is 0.359 e. The molecule has 22 heavy (non-hydrogen) atoms. The smallest absolute Gasteiger partial charge is 0.218 e. The second kappa shape index (κ2) is 6.77. The Morgan fingerprint density at radius 2 is 1.91 bits per heavy atom. The first-order valence-electron chi connectivity index (χ1n) is 6.38. The van der Waals surface area contributed by atoms with Crippen LogP contribution in [0.4, 0.5) is 5.69 Å². The molecule has 2 aromatic rings. The molecule has 0 saturated carbocycles. The Morgan fingerprint density at radius 1 is 1.23 bits per heavy atom. The highest BCUT2D eigenvalue weighted by atomic mass is 79.9. The molecule has 0 amide bonds. The summed E-state index contributed by atoms with van der Waals surface area (Å²) in [6.45, 7) is 1.95. The van der Waals surface area contributed by atoms with Gasteiger partial charge in [-0.05, 0) is 52.7 Å². The summed E-state index contributed by atoms with van der Waals surface area (Å²) in [5, 5.41) is 12.0. The first kappa shape index (κ1) is 16.3. The Bertz CT molecular complexity index is 853. The molecular formula is C16H13BrN2O2S. The zero-order valence-electron chi connectivity index (χ0n) is 11.7. The van der Waals surface area contributed by atoms with E-state index in [2.05, 4.69) is 21.2 Å². The fourth-order valence-corrected chi connectivity index (χ4v) is 3.49. The van der Waals surface area contributed by atoms with Crippen molar-refractivity contribution in [3.05, 3.63) is 69.7 Å². The maximum absolute atomic E-state index is 12.4. The quantitative estimate of drug-likeness (QED) is 0.818. The number of nitrogens with zero attached hydrogens (tertiary/aromatic N) is 1. The second-order valence-electron chi connectivity index (χ2n) is 4.56. The van der Waals surface area contributed by atoms with E-state index in [4.69, 9.17) is 5.26 Å². The number of hydrogen-bond donors (Lipinski definition) is 1. The SMILES string of the molecule is Cc1ccc(N/C=C(\C#N)S(=O)(=O)c2ccccc2)c(Br)c1.